The molecule has 0 atom stereocenters. The molecule has 1 aromatic rings. The SMILES string of the molecule is C/C=C\C=C/C(=C(C)C)c1ccc(C(=O)O)s1. The summed E-state index contributed by atoms with van der Waals surface area (Å²) in [7, 11) is 0. The fourth-order valence-electron chi connectivity index (χ4n) is 1.36. The molecule has 0 saturated heterocycles. The van der Waals surface area contributed by atoms with Gasteiger partial charge in [-0.25, -0.2) is 4.79 Å². The predicted octanol–water partition coefficient (Wildman–Crippen LogP) is 4.37. The number of hydrogen-bond acceptors (Lipinski definition) is 2. The molecule has 1 aromatic heterocycles. The van der Waals surface area contributed by atoms with Crippen LogP contribution in [0.4, 0.5) is 0 Å². The molecule has 3 heteroatoms. The molecule has 0 amide bonds. The molecular weight excluding hydrogens is 232 g/mol. The maximum absolute atomic E-state index is 10.8. The molecule has 1 N–H and O–H groups in total. The van der Waals surface area contributed by atoms with Crippen LogP contribution in [0.2, 0.25) is 0 Å². The summed E-state index contributed by atoms with van der Waals surface area (Å²) < 4.78 is 0. The summed E-state index contributed by atoms with van der Waals surface area (Å²) in [4.78, 5) is 12.2. The smallest absolute Gasteiger partial charge is 0.345 e. The van der Waals surface area contributed by atoms with E-state index < -0.39 is 5.97 Å². The Morgan fingerprint density at radius 3 is 2.35 bits per heavy atom. The fraction of sp³-hybridized carbons (Fsp3) is 0.214. The van der Waals surface area contributed by atoms with Crippen molar-refractivity contribution in [3.05, 3.63) is 51.8 Å². The number of thiophene rings is 1. The van der Waals surface area contributed by atoms with Gasteiger partial charge in [0.05, 0.1) is 0 Å². The molecule has 2 nitrogen and oxygen atoms in total. The second kappa shape index (κ2) is 6.21. The lowest BCUT2D eigenvalue weighted by atomic mass is 10.1. The van der Waals surface area contributed by atoms with Crippen molar-refractivity contribution in [2.24, 2.45) is 0 Å². The molecular formula is C14H16O2S. The molecule has 0 bridgehead atoms. The zero-order chi connectivity index (χ0) is 12.8. The largest absolute Gasteiger partial charge is 0.477 e. The molecule has 0 aliphatic rings. The zero-order valence-electron chi connectivity index (χ0n) is 10.2. The van der Waals surface area contributed by atoms with E-state index >= 15 is 0 Å². The van der Waals surface area contributed by atoms with E-state index in [1.165, 1.54) is 16.9 Å². The normalized spacial score (nSPS) is 11.2. The Balaban J connectivity index is 3.07. The quantitative estimate of drug-likeness (QED) is 0.803. The van der Waals surface area contributed by atoms with E-state index in [2.05, 4.69) is 0 Å². The van der Waals surface area contributed by atoms with E-state index in [-0.39, 0.29) is 0 Å². The number of carboxylic acids is 1. The third-order valence-corrected chi connectivity index (χ3v) is 3.29. The van der Waals surface area contributed by atoms with Crippen molar-refractivity contribution in [2.75, 3.05) is 0 Å². The van der Waals surface area contributed by atoms with Crippen molar-refractivity contribution in [1.29, 1.82) is 0 Å². The van der Waals surface area contributed by atoms with Gasteiger partial charge < -0.3 is 5.11 Å². The van der Waals surface area contributed by atoms with Gasteiger partial charge in [-0.1, -0.05) is 29.9 Å². The summed E-state index contributed by atoms with van der Waals surface area (Å²) in [6.45, 7) is 6.01. The summed E-state index contributed by atoms with van der Waals surface area (Å²) in [5.74, 6) is -0.869. The van der Waals surface area contributed by atoms with Gasteiger partial charge in [-0.3, -0.25) is 0 Å². The van der Waals surface area contributed by atoms with Crippen molar-refractivity contribution in [2.45, 2.75) is 20.8 Å². The number of hydrogen-bond donors (Lipinski definition) is 1. The number of allylic oxidation sites excluding steroid dienone is 6. The van der Waals surface area contributed by atoms with Crippen LogP contribution in [-0.2, 0) is 0 Å². The number of rotatable bonds is 4. The van der Waals surface area contributed by atoms with Crippen molar-refractivity contribution < 1.29 is 9.90 Å². The number of carboxylic acid groups (broad SMARTS) is 1. The number of carbonyl (C=O) groups is 1. The fourth-order valence-corrected chi connectivity index (χ4v) is 2.33. The lowest BCUT2D eigenvalue weighted by Crippen LogP contribution is -1.89. The van der Waals surface area contributed by atoms with Crippen LogP contribution in [0, 0.1) is 0 Å². The van der Waals surface area contributed by atoms with E-state index in [1.807, 2.05) is 51.1 Å². The highest BCUT2D eigenvalue weighted by molar-refractivity contribution is 7.15. The van der Waals surface area contributed by atoms with Gasteiger partial charge in [-0.05, 0) is 38.5 Å². The summed E-state index contributed by atoms with van der Waals surface area (Å²) in [6, 6.07) is 3.51. The van der Waals surface area contributed by atoms with Gasteiger partial charge >= 0.3 is 5.97 Å². The van der Waals surface area contributed by atoms with Crippen LogP contribution in [0.15, 0.2) is 42.0 Å². The highest BCUT2D eigenvalue weighted by Gasteiger charge is 2.09. The Hall–Kier alpha value is -1.61. The summed E-state index contributed by atoms with van der Waals surface area (Å²) >= 11 is 1.30. The van der Waals surface area contributed by atoms with E-state index in [1.54, 1.807) is 6.07 Å². The third kappa shape index (κ3) is 3.71. The number of aromatic carboxylic acids is 1. The maximum Gasteiger partial charge on any atom is 0.345 e. The minimum atomic E-state index is -0.869. The van der Waals surface area contributed by atoms with Crippen LogP contribution in [0.1, 0.15) is 35.3 Å². The first-order valence-electron chi connectivity index (χ1n) is 5.36. The van der Waals surface area contributed by atoms with Gasteiger partial charge in [-0.15, -0.1) is 11.3 Å². The van der Waals surface area contributed by atoms with Crippen LogP contribution < -0.4 is 0 Å². The van der Waals surface area contributed by atoms with E-state index in [0.29, 0.717) is 4.88 Å². The van der Waals surface area contributed by atoms with Crippen molar-refractivity contribution in [3.8, 4) is 0 Å². The zero-order valence-corrected chi connectivity index (χ0v) is 11.0. The average molecular weight is 248 g/mol. The van der Waals surface area contributed by atoms with Gasteiger partial charge in [0.25, 0.3) is 0 Å². The van der Waals surface area contributed by atoms with Gasteiger partial charge in [-0.2, -0.15) is 0 Å². The molecule has 0 radical (unpaired) electrons. The summed E-state index contributed by atoms with van der Waals surface area (Å²) in [5, 5.41) is 8.90. The van der Waals surface area contributed by atoms with Crippen LogP contribution in [0.25, 0.3) is 5.57 Å². The van der Waals surface area contributed by atoms with Crippen molar-refractivity contribution in [1.82, 2.24) is 0 Å². The molecule has 0 aliphatic carbocycles. The second-order valence-electron chi connectivity index (χ2n) is 3.77. The second-order valence-corrected chi connectivity index (χ2v) is 4.85. The Kier molecular flexibility index (Phi) is 4.91. The standard InChI is InChI=1S/C14H16O2S/c1-4-5-6-7-11(10(2)3)12-8-9-13(17-12)14(15)16/h4-9H,1-3H3,(H,15,16)/b5-4-,7-6-. The van der Waals surface area contributed by atoms with E-state index in [0.717, 1.165) is 10.5 Å². The molecule has 1 heterocycles. The first kappa shape index (κ1) is 13.5. The van der Waals surface area contributed by atoms with Crippen molar-refractivity contribution >= 4 is 22.9 Å². The lowest BCUT2D eigenvalue weighted by molar-refractivity contribution is 0.0702. The van der Waals surface area contributed by atoms with Crippen LogP contribution >= 0.6 is 11.3 Å². The van der Waals surface area contributed by atoms with Crippen molar-refractivity contribution in [3.63, 3.8) is 0 Å². The average Bonchev–Trinajstić information content (AvgIpc) is 2.73. The molecule has 17 heavy (non-hydrogen) atoms. The van der Waals surface area contributed by atoms with E-state index in [9.17, 15) is 4.79 Å². The van der Waals surface area contributed by atoms with Gasteiger partial charge in [0.2, 0.25) is 0 Å². The minimum Gasteiger partial charge on any atom is -0.477 e. The molecule has 0 spiro atoms. The molecule has 0 fully saturated rings. The van der Waals surface area contributed by atoms with Gasteiger partial charge in [0.1, 0.15) is 4.88 Å². The maximum atomic E-state index is 10.8. The monoisotopic (exact) mass is 248 g/mol. The molecule has 0 unspecified atom stereocenters. The Morgan fingerprint density at radius 1 is 1.24 bits per heavy atom. The molecule has 1 rings (SSSR count). The summed E-state index contributed by atoms with van der Waals surface area (Å²) in [6.07, 6.45) is 7.88. The Morgan fingerprint density at radius 2 is 1.88 bits per heavy atom. The predicted molar refractivity (Wildman–Crippen MR) is 73.5 cm³/mol. The molecule has 90 valence electrons. The lowest BCUT2D eigenvalue weighted by Gasteiger charge is -2.01. The Labute approximate surface area is 106 Å². The van der Waals surface area contributed by atoms with E-state index in [4.69, 9.17) is 5.11 Å². The first-order valence-corrected chi connectivity index (χ1v) is 6.18. The summed E-state index contributed by atoms with van der Waals surface area (Å²) in [5.41, 5.74) is 2.25. The molecule has 0 saturated carbocycles. The molecule has 0 aromatic carbocycles. The Bertz CT molecular complexity index is 486. The molecule has 0 aliphatic heterocycles. The van der Waals surface area contributed by atoms with Crippen LogP contribution in [0.5, 0.6) is 0 Å². The van der Waals surface area contributed by atoms with Crippen LogP contribution in [-0.4, -0.2) is 11.1 Å². The first-order chi connectivity index (χ1) is 8.06. The highest BCUT2D eigenvalue weighted by Crippen LogP contribution is 2.27. The highest BCUT2D eigenvalue weighted by atomic mass is 32.1. The topological polar surface area (TPSA) is 37.3 Å². The van der Waals surface area contributed by atoms with Gasteiger partial charge in [0.15, 0.2) is 0 Å². The van der Waals surface area contributed by atoms with Gasteiger partial charge in [0, 0.05) is 4.88 Å². The van der Waals surface area contributed by atoms with Crippen LogP contribution in [0.3, 0.4) is 0 Å². The third-order valence-electron chi connectivity index (χ3n) is 2.19. The minimum absolute atomic E-state index is 0.373.